The van der Waals surface area contributed by atoms with Crippen LogP contribution in [-0.4, -0.2) is 10.4 Å². The first kappa shape index (κ1) is 9.16. The first-order chi connectivity index (χ1) is 7.18. The third-order valence-electron chi connectivity index (χ3n) is 3.13. The number of benzene rings is 1. The molecule has 0 atom stereocenters. The molecule has 3 heteroatoms. The monoisotopic (exact) mass is 263 g/mol. The maximum Gasteiger partial charge on any atom is 0.179 e. The number of aryl methyl sites for hydroxylation is 2. The van der Waals surface area contributed by atoms with E-state index in [1.807, 2.05) is 17.7 Å². The molecule has 1 aliphatic rings. The van der Waals surface area contributed by atoms with Crippen molar-refractivity contribution in [2.75, 3.05) is 0 Å². The minimum atomic E-state index is 0.278. The fourth-order valence-electron chi connectivity index (χ4n) is 2.46. The van der Waals surface area contributed by atoms with Crippen molar-refractivity contribution in [1.82, 2.24) is 4.57 Å². The Balaban J connectivity index is 2.48. The van der Waals surface area contributed by atoms with E-state index < -0.39 is 0 Å². The van der Waals surface area contributed by atoms with E-state index in [2.05, 4.69) is 28.1 Å². The SMILES string of the molecule is Cn1c2c(c3cc(Br)ccc31)CCC2=O. The number of fused-ring (bicyclic) bond motifs is 3. The predicted molar refractivity (Wildman–Crippen MR) is 63.3 cm³/mol. The van der Waals surface area contributed by atoms with Crippen LogP contribution < -0.4 is 0 Å². The molecule has 0 spiro atoms. The number of hydrogen-bond acceptors (Lipinski definition) is 1. The second-order valence-corrected chi connectivity index (χ2v) is 4.89. The summed E-state index contributed by atoms with van der Waals surface area (Å²) >= 11 is 3.47. The van der Waals surface area contributed by atoms with E-state index >= 15 is 0 Å². The molecule has 1 heterocycles. The van der Waals surface area contributed by atoms with Gasteiger partial charge in [0.1, 0.15) is 0 Å². The Morgan fingerprint density at radius 2 is 2.13 bits per heavy atom. The van der Waals surface area contributed by atoms with Gasteiger partial charge in [0.15, 0.2) is 5.78 Å². The molecule has 0 fully saturated rings. The van der Waals surface area contributed by atoms with Gasteiger partial charge in [0.2, 0.25) is 0 Å². The third kappa shape index (κ3) is 1.13. The molecule has 1 aromatic heterocycles. The number of halogens is 1. The van der Waals surface area contributed by atoms with Crippen LogP contribution in [0.3, 0.4) is 0 Å². The molecule has 3 rings (SSSR count). The standard InChI is InChI=1S/C12H10BrNO/c1-14-10-4-2-7(13)6-9(10)8-3-5-11(15)12(8)14/h2,4,6H,3,5H2,1H3. The Bertz CT molecular complexity index is 583. The predicted octanol–water partition coefficient (Wildman–Crippen LogP) is 3.07. The molecule has 0 radical (unpaired) electrons. The topological polar surface area (TPSA) is 22.0 Å². The van der Waals surface area contributed by atoms with Gasteiger partial charge >= 0.3 is 0 Å². The van der Waals surface area contributed by atoms with Gasteiger partial charge in [0, 0.05) is 28.8 Å². The number of carbonyl (C=O) groups is 1. The van der Waals surface area contributed by atoms with E-state index in [-0.39, 0.29) is 5.78 Å². The van der Waals surface area contributed by atoms with Crippen LogP contribution in [0.1, 0.15) is 22.5 Å². The van der Waals surface area contributed by atoms with E-state index in [0.29, 0.717) is 6.42 Å². The van der Waals surface area contributed by atoms with Crippen LogP contribution in [0, 0.1) is 0 Å². The molecule has 0 unspecified atom stereocenters. The van der Waals surface area contributed by atoms with Crippen LogP contribution in [0.5, 0.6) is 0 Å². The Morgan fingerprint density at radius 3 is 2.93 bits per heavy atom. The summed E-state index contributed by atoms with van der Waals surface area (Å²) in [5, 5.41) is 1.22. The average Bonchev–Trinajstić information content (AvgIpc) is 2.70. The number of nitrogens with zero attached hydrogens (tertiary/aromatic N) is 1. The summed E-state index contributed by atoms with van der Waals surface area (Å²) in [5.41, 5.74) is 3.28. The summed E-state index contributed by atoms with van der Waals surface area (Å²) in [6.07, 6.45) is 1.56. The van der Waals surface area contributed by atoms with Gasteiger partial charge in [-0.1, -0.05) is 15.9 Å². The number of ketones is 1. The van der Waals surface area contributed by atoms with Gasteiger partial charge < -0.3 is 4.57 Å². The fourth-order valence-corrected chi connectivity index (χ4v) is 2.82. The highest BCUT2D eigenvalue weighted by molar-refractivity contribution is 9.10. The molecule has 1 aliphatic carbocycles. The summed E-state index contributed by atoms with van der Waals surface area (Å²) < 4.78 is 3.09. The molecule has 2 nitrogen and oxygen atoms in total. The van der Waals surface area contributed by atoms with Crippen molar-refractivity contribution in [3.05, 3.63) is 33.9 Å². The maximum atomic E-state index is 11.7. The lowest BCUT2D eigenvalue weighted by Crippen LogP contribution is -2.00. The smallest absolute Gasteiger partial charge is 0.179 e. The van der Waals surface area contributed by atoms with Crippen LogP contribution in [0.4, 0.5) is 0 Å². The molecule has 0 N–H and O–H groups in total. The summed E-state index contributed by atoms with van der Waals surface area (Å²) in [4.78, 5) is 11.7. The van der Waals surface area contributed by atoms with Crippen molar-refractivity contribution in [2.45, 2.75) is 12.8 Å². The number of aromatic nitrogens is 1. The minimum Gasteiger partial charge on any atom is -0.341 e. The van der Waals surface area contributed by atoms with Crippen molar-refractivity contribution in [2.24, 2.45) is 7.05 Å². The number of carbonyl (C=O) groups excluding carboxylic acids is 1. The van der Waals surface area contributed by atoms with E-state index in [9.17, 15) is 4.79 Å². The Hall–Kier alpha value is -1.09. The lowest BCUT2D eigenvalue weighted by atomic mass is 10.1. The van der Waals surface area contributed by atoms with Gasteiger partial charge in [-0.25, -0.2) is 0 Å². The molecule has 0 saturated heterocycles. The van der Waals surface area contributed by atoms with Gasteiger partial charge in [0.25, 0.3) is 0 Å². The van der Waals surface area contributed by atoms with Gasteiger partial charge in [-0.15, -0.1) is 0 Å². The van der Waals surface area contributed by atoms with Crippen LogP contribution in [0.15, 0.2) is 22.7 Å². The second kappa shape index (κ2) is 2.95. The van der Waals surface area contributed by atoms with Crippen LogP contribution in [0.2, 0.25) is 0 Å². The van der Waals surface area contributed by atoms with Gasteiger partial charge in [0.05, 0.1) is 5.69 Å². The Morgan fingerprint density at radius 1 is 1.33 bits per heavy atom. The minimum absolute atomic E-state index is 0.278. The highest BCUT2D eigenvalue weighted by Crippen LogP contribution is 2.33. The largest absolute Gasteiger partial charge is 0.341 e. The first-order valence-corrected chi connectivity index (χ1v) is 5.78. The summed E-state index contributed by atoms with van der Waals surface area (Å²) in [7, 11) is 1.97. The second-order valence-electron chi connectivity index (χ2n) is 3.97. The highest BCUT2D eigenvalue weighted by atomic mass is 79.9. The van der Waals surface area contributed by atoms with E-state index in [4.69, 9.17) is 0 Å². The molecule has 2 aromatic rings. The van der Waals surface area contributed by atoms with E-state index in [1.165, 1.54) is 10.9 Å². The Labute approximate surface area is 96.0 Å². The molecule has 1 aromatic carbocycles. The maximum absolute atomic E-state index is 11.7. The van der Waals surface area contributed by atoms with Crippen LogP contribution in [-0.2, 0) is 13.5 Å². The summed E-state index contributed by atoms with van der Waals surface area (Å²) in [5.74, 6) is 0.278. The van der Waals surface area contributed by atoms with Gasteiger partial charge in [-0.05, 0) is 30.2 Å². The molecular weight excluding hydrogens is 254 g/mol. The summed E-state index contributed by atoms with van der Waals surface area (Å²) in [6, 6.07) is 6.18. The zero-order chi connectivity index (χ0) is 10.6. The lowest BCUT2D eigenvalue weighted by Gasteiger charge is -2.00. The lowest BCUT2D eigenvalue weighted by molar-refractivity contribution is 0.0987. The number of rotatable bonds is 0. The fraction of sp³-hybridized carbons (Fsp3) is 0.250. The molecule has 0 saturated carbocycles. The molecule has 0 aliphatic heterocycles. The quantitative estimate of drug-likeness (QED) is 0.716. The Kier molecular flexibility index (Phi) is 1.80. The zero-order valence-corrected chi connectivity index (χ0v) is 9.97. The summed E-state index contributed by atoms with van der Waals surface area (Å²) in [6.45, 7) is 0. The van der Waals surface area contributed by atoms with Crippen LogP contribution >= 0.6 is 15.9 Å². The van der Waals surface area contributed by atoms with Crippen LogP contribution in [0.25, 0.3) is 10.9 Å². The zero-order valence-electron chi connectivity index (χ0n) is 8.38. The average molecular weight is 264 g/mol. The van der Waals surface area contributed by atoms with E-state index in [0.717, 1.165) is 22.1 Å². The van der Waals surface area contributed by atoms with Crippen molar-refractivity contribution >= 4 is 32.6 Å². The van der Waals surface area contributed by atoms with Crippen molar-refractivity contribution in [1.29, 1.82) is 0 Å². The molecule has 15 heavy (non-hydrogen) atoms. The van der Waals surface area contributed by atoms with E-state index in [1.54, 1.807) is 0 Å². The molecular formula is C12H10BrNO. The van der Waals surface area contributed by atoms with Gasteiger partial charge in [-0.2, -0.15) is 0 Å². The van der Waals surface area contributed by atoms with Crippen molar-refractivity contribution < 1.29 is 4.79 Å². The number of hydrogen-bond donors (Lipinski definition) is 0. The highest BCUT2D eigenvalue weighted by Gasteiger charge is 2.26. The molecule has 0 amide bonds. The first-order valence-electron chi connectivity index (χ1n) is 4.98. The number of Topliss-reactive ketones (excluding diaryl/α,β-unsaturated/α-hetero) is 1. The third-order valence-corrected chi connectivity index (χ3v) is 3.63. The van der Waals surface area contributed by atoms with Crippen molar-refractivity contribution in [3.8, 4) is 0 Å². The van der Waals surface area contributed by atoms with Crippen molar-refractivity contribution in [3.63, 3.8) is 0 Å². The normalized spacial score (nSPS) is 14.9. The molecule has 0 bridgehead atoms. The van der Waals surface area contributed by atoms with Gasteiger partial charge in [-0.3, -0.25) is 4.79 Å². The molecule has 76 valence electrons.